The number of amides is 1. The van der Waals surface area contributed by atoms with E-state index in [1.54, 1.807) is 0 Å². The molecular formula is C19H16F2N4O. The Labute approximate surface area is 149 Å². The highest BCUT2D eigenvalue weighted by atomic mass is 19.2. The van der Waals surface area contributed by atoms with Gasteiger partial charge in [-0.3, -0.25) is 4.79 Å². The number of carbonyl (C=O) groups is 1. The van der Waals surface area contributed by atoms with Crippen LogP contribution in [0.25, 0.3) is 0 Å². The third kappa shape index (κ3) is 4.18. The molecule has 132 valence electrons. The topological polar surface area (TPSA) is 66.9 Å². The molecule has 1 amide bonds. The molecule has 0 saturated heterocycles. The quantitative estimate of drug-likeness (QED) is 0.730. The van der Waals surface area contributed by atoms with Gasteiger partial charge in [0.1, 0.15) is 11.5 Å². The number of hydrogen-bond acceptors (Lipinski definition) is 4. The van der Waals surface area contributed by atoms with E-state index in [-0.39, 0.29) is 11.4 Å². The second kappa shape index (κ2) is 7.26. The first-order valence-electron chi connectivity index (χ1n) is 7.84. The number of nitrogens with zero attached hydrogens (tertiary/aromatic N) is 2. The Morgan fingerprint density at radius 3 is 2.23 bits per heavy atom. The second-order valence-corrected chi connectivity index (χ2v) is 5.87. The van der Waals surface area contributed by atoms with Crippen molar-refractivity contribution >= 4 is 23.1 Å². The third-order valence-corrected chi connectivity index (χ3v) is 3.56. The van der Waals surface area contributed by atoms with Crippen molar-refractivity contribution in [3.05, 3.63) is 77.2 Å². The number of anilines is 3. The molecule has 3 aromatic rings. The highest BCUT2D eigenvalue weighted by Crippen LogP contribution is 2.18. The summed E-state index contributed by atoms with van der Waals surface area (Å²) in [6.45, 7) is 3.99. The van der Waals surface area contributed by atoms with E-state index in [1.807, 2.05) is 26.0 Å². The van der Waals surface area contributed by atoms with Gasteiger partial charge in [0.15, 0.2) is 11.6 Å². The van der Waals surface area contributed by atoms with Crippen LogP contribution >= 0.6 is 0 Å². The van der Waals surface area contributed by atoms with E-state index >= 15 is 0 Å². The lowest BCUT2D eigenvalue weighted by Crippen LogP contribution is -2.14. The van der Waals surface area contributed by atoms with Crippen molar-refractivity contribution in [3.63, 3.8) is 0 Å². The number of benzene rings is 2. The zero-order chi connectivity index (χ0) is 18.7. The minimum Gasteiger partial charge on any atom is -0.339 e. The van der Waals surface area contributed by atoms with Crippen LogP contribution in [0, 0.1) is 25.5 Å². The Morgan fingerprint density at radius 1 is 0.885 bits per heavy atom. The molecule has 26 heavy (non-hydrogen) atoms. The number of rotatable bonds is 4. The summed E-state index contributed by atoms with van der Waals surface area (Å²) in [6.07, 6.45) is 2.73. The molecule has 2 aromatic carbocycles. The Kier molecular flexibility index (Phi) is 4.88. The van der Waals surface area contributed by atoms with Gasteiger partial charge < -0.3 is 10.6 Å². The second-order valence-electron chi connectivity index (χ2n) is 5.87. The summed E-state index contributed by atoms with van der Waals surface area (Å²) in [5.41, 5.74) is 3.29. The van der Waals surface area contributed by atoms with Crippen LogP contribution in [0.15, 0.2) is 48.8 Å². The van der Waals surface area contributed by atoms with E-state index in [9.17, 15) is 13.6 Å². The molecule has 1 aromatic heterocycles. The number of halogens is 2. The molecule has 2 N–H and O–H groups in total. The molecule has 0 aliphatic heterocycles. The molecule has 0 atom stereocenters. The molecular weight excluding hydrogens is 338 g/mol. The van der Waals surface area contributed by atoms with Gasteiger partial charge in [-0.1, -0.05) is 6.07 Å². The molecule has 5 nitrogen and oxygen atoms in total. The van der Waals surface area contributed by atoms with Crippen LogP contribution in [-0.2, 0) is 0 Å². The Bertz CT molecular complexity index is 938. The molecule has 0 bridgehead atoms. The van der Waals surface area contributed by atoms with Crippen LogP contribution in [0.3, 0.4) is 0 Å². The monoisotopic (exact) mass is 354 g/mol. The molecule has 0 saturated carbocycles. The highest BCUT2D eigenvalue weighted by Gasteiger charge is 2.10. The molecule has 0 unspecified atom stereocenters. The Morgan fingerprint density at radius 2 is 1.62 bits per heavy atom. The lowest BCUT2D eigenvalue weighted by molar-refractivity contribution is 0.102. The number of aryl methyl sites for hydroxylation is 2. The van der Waals surface area contributed by atoms with Crippen LogP contribution in [0.1, 0.15) is 21.6 Å². The number of nitrogens with one attached hydrogen (secondary N) is 2. The van der Waals surface area contributed by atoms with E-state index in [4.69, 9.17) is 0 Å². The minimum absolute atomic E-state index is 0.0562. The van der Waals surface area contributed by atoms with Crippen LogP contribution in [-0.4, -0.2) is 15.9 Å². The predicted octanol–water partition coefficient (Wildman–Crippen LogP) is 4.37. The van der Waals surface area contributed by atoms with Crippen LogP contribution in [0.4, 0.5) is 26.0 Å². The van der Waals surface area contributed by atoms with Crippen molar-refractivity contribution in [1.82, 2.24) is 9.97 Å². The fraction of sp³-hybridized carbons (Fsp3) is 0.105. The smallest absolute Gasteiger partial charge is 0.275 e. The summed E-state index contributed by atoms with van der Waals surface area (Å²) < 4.78 is 26.1. The van der Waals surface area contributed by atoms with Crippen LogP contribution in [0.2, 0.25) is 0 Å². The number of aromatic nitrogens is 2. The number of hydrogen-bond donors (Lipinski definition) is 2. The van der Waals surface area contributed by atoms with Crippen molar-refractivity contribution in [3.8, 4) is 0 Å². The Hall–Kier alpha value is -3.35. The highest BCUT2D eigenvalue weighted by molar-refractivity contribution is 6.02. The van der Waals surface area contributed by atoms with E-state index in [1.165, 1.54) is 18.5 Å². The van der Waals surface area contributed by atoms with Gasteiger partial charge in [0.05, 0.1) is 12.4 Å². The lowest BCUT2D eigenvalue weighted by atomic mass is 10.1. The maximum atomic E-state index is 13.2. The molecule has 3 rings (SSSR count). The first-order valence-corrected chi connectivity index (χ1v) is 7.84. The Balaban J connectivity index is 1.70. The average molecular weight is 354 g/mol. The average Bonchev–Trinajstić information content (AvgIpc) is 2.58. The van der Waals surface area contributed by atoms with E-state index in [2.05, 4.69) is 26.7 Å². The number of carbonyl (C=O) groups excluding carboxylic acids is 1. The van der Waals surface area contributed by atoms with Crippen molar-refractivity contribution in [2.24, 2.45) is 0 Å². The molecule has 0 aliphatic rings. The fourth-order valence-corrected chi connectivity index (χ4v) is 2.47. The van der Waals surface area contributed by atoms with Crippen molar-refractivity contribution in [2.75, 3.05) is 10.6 Å². The summed E-state index contributed by atoms with van der Waals surface area (Å²) >= 11 is 0. The summed E-state index contributed by atoms with van der Waals surface area (Å²) in [6, 6.07) is 9.10. The van der Waals surface area contributed by atoms with E-state index in [0.717, 1.165) is 28.9 Å². The van der Waals surface area contributed by atoms with Crippen LogP contribution < -0.4 is 10.6 Å². The van der Waals surface area contributed by atoms with E-state index < -0.39 is 17.5 Å². The largest absolute Gasteiger partial charge is 0.339 e. The van der Waals surface area contributed by atoms with Gasteiger partial charge in [-0.25, -0.2) is 18.7 Å². The van der Waals surface area contributed by atoms with Gasteiger partial charge in [-0.05, 0) is 49.2 Å². The molecule has 0 spiro atoms. The van der Waals surface area contributed by atoms with Gasteiger partial charge in [0, 0.05) is 17.4 Å². The van der Waals surface area contributed by atoms with Gasteiger partial charge in [0.25, 0.3) is 5.91 Å². The van der Waals surface area contributed by atoms with Gasteiger partial charge in [0.2, 0.25) is 0 Å². The van der Waals surface area contributed by atoms with Crippen molar-refractivity contribution in [1.29, 1.82) is 0 Å². The molecule has 0 radical (unpaired) electrons. The first kappa shape index (κ1) is 17.5. The predicted molar refractivity (Wildman–Crippen MR) is 95.5 cm³/mol. The molecule has 0 aliphatic carbocycles. The van der Waals surface area contributed by atoms with Gasteiger partial charge in [-0.15, -0.1) is 0 Å². The minimum atomic E-state index is -1.04. The molecule has 0 fully saturated rings. The zero-order valence-electron chi connectivity index (χ0n) is 14.2. The van der Waals surface area contributed by atoms with Crippen LogP contribution in [0.5, 0.6) is 0 Å². The standard InChI is InChI=1S/C19H16F2N4O/c1-11-5-12(2)7-14(6-11)24-18-10-22-17(9-23-18)19(26)25-13-3-4-15(20)16(21)8-13/h3-10H,1-2H3,(H,23,24)(H,25,26). The summed E-state index contributed by atoms with van der Waals surface area (Å²) in [5, 5.41) is 5.56. The summed E-state index contributed by atoms with van der Waals surface area (Å²) in [5.74, 6) is -2.10. The normalized spacial score (nSPS) is 10.5. The maximum Gasteiger partial charge on any atom is 0.275 e. The summed E-state index contributed by atoms with van der Waals surface area (Å²) in [7, 11) is 0. The molecule has 7 heteroatoms. The maximum absolute atomic E-state index is 13.2. The lowest BCUT2D eigenvalue weighted by Gasteiger charge is -2.08. The van der Waals surface area contributed by atoms with Crippen molar-refractivity contribution in [2.45, 2.75) is 13.8 Å². The SMILES string of the molecule is Cc1cc(C)cc(Nc2cnc(C(=O)Nc3ccc(F)c(F)c3)cn2)c1. The van der Waals surface area contributed by atoms with Gasteiger partial charge in [-0.2, -0.15) is 0 Å². The van der Waals surface area contributed by atoms with Crippen molar-refractivity contribution < 1.29 is 13.6 Å². The zero-order valence-corrected chi connectivity index (χ0v) is 14.2. The first-order chi connectivity index (χ1) is 12.4. The third-order valence-electron chi connectivity index (χ3n) is 3.56. The van der Waals surface area contributed by atoms with Gasteiger partial charge >= 0.3 is 0 Å². The fourth-order valence-electron chi connectivity index (χ4n) is 2.47. The molecule has 1 heterocycles. The summed E-state index contributed by atoms with van der Waals surface area (Å²) in [4.78, 5) is 20.3. The van der Waals surface area contributed by atoms with E-state index in [0.29, 0.717) is 5.82 Å².